The Hall–Kier alpha value is -2.78. The number of halogens is 1. The van der Waals surface area contributed by atoms with Gasteiger partial charge in [0.15, 0.2) is 0 Å². The summed E-state index contributed by atoms with van der Waals surface area (Å²) in [6.45, 7) is 0. The first-order chi connectivity index (χ1) is 12.6. The van der Waals surface area contributed by atoms with Crippen molar-refractivity contribution < 1.29 is 4.79 Å². The molecule has 0 bridgehead atoms. The zero-order valence-electron chi connectivity index (χ0n) is 14.2. The Kier molecular flexibility index (Phi) is 4.39. The normalized spacial score (nSPS) is 16.2. The molecule has 1 amide bonds. The van der Waals surface area contributed by atoms with Gasteiger partial charge < -0.3 is 10.6 Å². The third kappa shape index (κ3) is 2.95. The predicted octanol–water partition coefficient (Wildman–Crippen LogP) is 5.26. The summed E-state index contributed by atoms with van der Waals surface area (Å²) in [6, 6.07) is 23.0. The Morgan fingerprint density at radius 2 is 1.65 bits per heavy atom. The van der Waals surface area contributed by atoms with Crippen LogP contribution in [-0.4, -0.2) is 5.91 Å². The first kappa shape index (κ1) is 16.7. The van der Waals surface area contributed by atoms with Crippen LogP contribution in [0.15, 0.2) is 72.8 Å². The fourth-order valence-electron chi connectivity index (χ4n) is 3.60. The monoisotopic (exact) mass is 362 g/mol. The molecule has 3 nitrogen and oxygen atoms in total. The van der Waals surface area contributed by atoms with Gasteiger partial charge in [0.2, 0.25) is 0 Å². The Bertz CT molecular complexity index is 952. The van der Waals surface area contributed by atoms with E-state index in [1.165, 1.54) is 5.56 Å². The van der Waals surface area contributed by atoms with Gasteiger partial charge >= 0.3 is 0 Å². The number of para-hydroxylation sites is 1. The molecule has 4 rings (SSSR count). The van der Waals surface area contributed by atoms with Crippen LogP contribution in [0.25, 0.3) is 0 Å². The fourth-order valence-corrected chi connectivity index (χ4v) is 3.81. The van der Waals surface area contributed by atoms with Crippen molar-refractivity contribution in [3.8, 4) is 0 Å². The van der Waals surface area contributed by atoms with E-state index in [0.29, 0.717) is 16.3 Å². The number of nitrogens with zero attached hydrogens (tertiary/aromatic N) is 1. The summed E-state index contributed by atoms with van der Waals surface area (Å²) in [5.41, 5.74) is 10.3. The third-order valence-electron chi connectivity index (χ3n) is 4.89. The number of fused-ring (bicyclic) bond motifs is 1. The zero-order chi connectivity index (χ0) is 18.1. The first-order valence-corrected chi connectivity index (χ1v) is 9.04. The second-order valence-electron chi connectivity index (χ2n) is 6.50. The van der Waals surface area contributed by atoms with Gasteiger partial charge in [-0.25, -0.2) is 0 Å². The van der Waals surface area contributed by atoms with Crippen molar-refractivity contribution in [2.45, 2.75) is 18.9 Å². The molecule has 1 aliphatic rings. The van der Waals surface area contributed by atoms with Crippen LogP contribution in [0.2, 0.25) is 5.02 Å². The highest BCUT2D eigenvalue weighted by atomic mass is 35.5. The van der Waals surface area contributed by atoms with Crippen molar-refractivity contribution in [1.29, 1.82) is 0 Å². The number of benzene rings is 3. The average Bonchev–Trinajstić information content (AvgIpc) is 2.67. The summed E-state index contributed by atoms with van der Waals surface area (Å²) in [4.78, 5) is 15.3. The Morgan fingerprint density at radius 3 is 2.42 bits per heavy atom. The van der Waals surface area contributed by atoms with Crippen LogP contribution in [0.4, 0.5) is 11.4 Å². The van der Waals surface area contributed by atoms with E-state index < -0.39 is 0 Å². The van der Waals surface area contributed by atoms with Gasteiger partial charge in [-0.3, -0.25) is 4.79 Å². The molecule has 1 heterocycles. The molecule has 0 saturated heterocycles. The minimum atomic E-state index is -0.0791. The number of nitrogens with two attached hydrogens (primary N) is 1. The van der Waals surface area contributed by atoms with Gasteiger partial charge in [0, 0.05) is 11.4 Å². The van der Waals surface area contributed by atoms with Crippen LogP contribution in [0.3, 0.4) is 0 Å². The highest BCUT2D eigenvalue weighted by Gasteiger charge is 2.33. The largest absolute Gasteiger partial charge is 0.399 e. The molecule has 0 spiro atoms. The minimum absolute atomic E-state index is 0.0470. The van der Waals surface area contributed by atoms with Crippen molar-refractivity contribution in [2.75, 3.05) is 10.6 Å². The number of amides is 1. The van der Waals surface area contributed by atoms with Gasteiger partial charge in [-0.15, -0.1) is 0 Å². The van der Waals surface area contributed by atoms with E-state index in [0.717, 1.165) is 24.1 Å². The van der Waals surface area contributed by atoms with Crippen LogP contribution in [0, 0.1) is 0 Å². The van der Waals surface area contributed by atoms with E-state index in [-0.39, 0.29) is 11.9 Å². The van der Waals surface area contributed by atoms with Gasteiger partial charge in [0.05, 0.1) is 16.6 Å². The molecule has 4 heteroatoms. The minimum Gasteiger partial charge on any atom is -0.399 e. The molecule has 1 aliphatic heterocycles. The molecule has 3 aromatic rings. The zero-order valence-corrected chi connectivity index (χ0v) is 15.0. The lowest BCUT2D eigenvalue weighted by Crippen LogP contribution is -2.38. The number of carbonyl (C=O) groups is 1. The van der Waals surface area contributed by atoms with E-state index in [9.17, 15) is 4.79 Å². The predicted molar refractivity (Wildman–Crippen MR) is 107 cm³/mol. The maximum Gasteiger partial charge on any atom is 0.260 e. The third-order valence-corrected chi connectivity index (χ3v) is 5.22. The summed E-state index contributed by atoms with van der Waals surface area (Å²) in [6.07, 6.45) is 1.79. The van der Waals surface area contributed by atoms with Crippen LogP contribution in [0.5, 0.6) is 0 Å². The molecule has 2 N–H and O–H groups in total. The molecule has 0 fully saturated rings. The average molecular weight is 363 g/mol. The molecule has 1 unspecified atom stereocenters. The standard InChI is InChI=1S/C22H19ClN2O/c23-19-7-3-2-6-18(19)22(26)25-20-8-4-1-5-15(20)11-14-21(25)16-9-12-17(24)13-10-16/h1-10,12-13,21H,11,14,24H2. The summed E-state index contributed by atoms with van der Waals surface area (Å²) < 4.78 is 0. The number of rotatable bonds is 2. The number of hydrogen-bond acceptors (Lipinski definition) is 2. The Morgan fingerprint density at radius 1 is 0.962 bits per heavy atom. The maximum absolute atomic E-state index is 13.5. The molecule has 130 valence electrons. The number of hydrogen-bond donors (Lipinski definition) is 1. The number of carbonyl (C=O) groups excluding carboxylic acids is 1. The van der Waals surface area contributed by atoms with Crippen LogP contribution >= 0.6 is 11.6 Å². The SMILES string of the molecule is Nc1ccc(C2CCc3ccccc3N2C(=O)c2ccccc2Cl)cc1. The van der Waals surface area contributed by atoms with Crippen molar-refractivity contribution in [3.63, 3.8) is 0 Å². The molecule has 3 aromatic carbocycles. The van der Waals surface area contributed by atoms with Crippen molar-refractivity contribution >= 4 is 28.9 Å². The Balaban J connectivity index is 1.83. The summed E-state index contributed by atoms with van der Waals surface area (Å²) >= 11 is 6.32. The first-order valence-electron chi connectivity index (χ1n) is 8.66. The second-order valence-corrected chi connectivity index (χ2v) is 6.91. The fraction of sp³-hybridized carbons (Fsp3) is 0.136. The summed E-state index contributed by atoms with van der Waals surface area (Å²) in [7, 11) is 0. The van der Waals surface area contributed by atoms with E-state index in [1.54, 1.807) is 12.1 Å². The van der Waals surface area contributed by atoms with Gasteiger partial charge in [-0.2, -0.15) is 0 Å². The van der Waals surface area contributed by atoms with Crippen LogP contribution in [0.1, 0.15) is 33.9 Å². The van der Waals surface area contributed by atoms with Gasteiger partial charge in [0.25, 0.3) is 5.91 Å². The number of nitrogen functional groups attached to an aromatic ring is 1. The number of anilines is 2. The maximum atomic E-state index is 13.5. The molecule has 0 saturated carbocycles. The quantitative estimate of drug-likeness (QED) is 0.632. The van der Waals surface area contributed by atoms with E-state index in [2.05, 4.69) is 6.07 Å². The smallest absolute Gasteiger partial charge is 0.260 e. The lowest BCUT2D eigenvalue weighted by molar-refractivity contribution is 0.0973. The molecule has 1 atom stereocenters. The van der Waals surface area contributed by atoms with E-state index >= 15 is 0 Å². The molecule has 0 radical (unpaired) electrons. The highest BCUT2D eigenvalue weighted by Crippen LogP contribution is 2.40. The van der Waals surface area contributed by atoms with Crippen molar-refractivity contribution in [3.05, 3.63) is 94.5 Å². The summed E-state index contributed by atoms with van der Waals surface area (Å²) in [5.74, 6) is -0.0791. The van der Waals surface area contributed by atoms with Gasteiger partial charge in [0.1, 0.15) is 0 Å². The van der Waals surface area contributed by atoms with Gasteiger partial charge in [-0.05, 0) is 54.3 Å². The molecular weight excluding hydrogens is 344 g/mol. The lowest BCUT2D eigenvalue weighted by Gasteiger charge is -2.38. The van der Waals surface area contributed by atoms with Crippen molar-refractivity contribution in [1.82, 2.24) is 0 Å². The molecule has 26 heavy (non-hydrogen) atoms. The van der Waals surface area contributed by atoms with Crippen LogP contribution < -0.4 is 10.6 Å². The molecule has 0 aliphatic carbocycles. The molecular formula is C22H19ClN2O. The van der Waals surface area contributed by atoms with Crippen LogP contribution in [-0.2, 0) is 6.42 Å². The molecule has 0 aromatic heterocycles. The van der Waals surface area contributed by atoms with E-state index in [1.807, 2.05) is 59.5 Å². The van der Waals surface area contributed by atoms with E-state index in [4.69, 9.17) is 17.3 Å². The highest BCUT2D eigenvalue weighted by molar-refractivity contribution is 6.34. The topological polar surface area (TPSA) is 46.3 Å². The Labute approximate surface area is 158 Å². The van der Waals surface area contributed by atoms with Crippen molar-refractivity contribution in [2.24, 2.45) is 0 Å². The second kappa shape index (κ2) is 6.85. The lowest BCUT2D eigenvalue weighted by atomic mass is 9.90. The number of aryl methyl sites for hydroxylation is 1. The van der Waals surface area contributed by atoms with Gasteiger partial charge in [-0.1, -0.05) is 54.1 Å². The summed E-state index contributed by atoms with van der Waals surface area (Å²) in [5, 5.41) is 0.469.